The van der Waals surface area contributed by atoms with Crippen molar-refractivity contribution >= 4 is 15.8 Å². The summed E-state index contributed by atoms with van der Waals surface area (Å²) in [6.45, 7) is 3.70. The summed E-state index contributed by atoms with van der Waals surface area (Å²) in [4.78, 5) is 0.125. The summed E-state index contributed by atoms with van der Waals surface area (Å²) in [6.07, 6.45) is 4.98. The van der Waals surface area contributed by atoms with E-state index >= 15 is 0 Å². The average Bonchev–Trinajstić information content (AvgIpc) is 3.04. The van der Waals surface area contributed by atoms with Crippen LogP contribution < -0.4 is 10.5 Å². The van der Waals surface area contributed by atoms with Gasteiger partial charge in [0.2, 0.25) is 10.0 Å². The number of nitrogens with one attached hydrogen (secondary N) is 1. The van der Waals surface area contributed by atoms with Crippen molar-refractivity contribution in [3.8, 4) is 0 Å². The van der Waals surface area contributed by atoms with Crippen LogP contribution in [0.3, 0.4) is 0 Å². The van der Waals surface area contributed by atoms with Gasteiger partial charge in [-0.1, -0.05) is 6.42 Å². The summed E-state index contributed by atoms with van der Waals surface area (Å²) < 4.78 is 29.6. The number of nitrogens with two attached hydrogens (primary N) is 1. The molecule has 1 heterocycles. The number of aryl methyl sites for hydroxylation is 1. The number of anilines is 1. The number of hydrogen-bond acceptors (Lipinski definition) is 4. The van der Waals surface area contributed by atoms with E-state index in [1.54, 1.807) is 14.0 Å². The van der Waals surface area contributed by atoms with E-state index < -0.39 is 10.0 Å². The second kappa shape index (κ2) is 4.98. The lowest BCUT2D eigenvalue weighted by atomic mass is 9.84. The Morgan fingerprint density at radius 2 is 2.10 bits per heavy atom. The van der Waals surface area contributed by atoms with Gasteiger partial charge >= 0.3 is 0 Å². The Kier molecular flexibility index (Phi) is 3.52. The van der Waals surface area contributed by atoms with E-state index in [2.05, 4.69) is 9.82 Å². The second-order valence-electron chi connectivity index (χ2n) is 6.67. The largest absolute Gasteiger partial charge is 0.381 e. The number of hydrogen-bond donors (Lipinski definition) is 2. The van der Waals surface area contributed by atoms with Crippen molar-refractivity contribution in [2.75, 3.05) is 5.73 Å². The van der Waals surface area contributed by atoms with Crippen molar-refractivity contribution in [1.82, 2.24) is 14.5 Å². The van der Waals surface area contributed by atoms with Crippen molar-refractivity contribution in [3.63, 3.8) is 0 Å². The Bertz CT molecular complexity index is 652. The predicted molar refractivity (Wildman–Crippen MR) is 81.1 cm³/mol. The number of nitrogens with zero attached hydrogens (tertiary/aromatic N) is 2. The van der Waals surface area contributed by atoms with Gasteiger partial charge in [-0.05, 0) is 50.9 Å². The third-order valence-corrected chi connectivity index (χ3v) is 7.07. The van der Waals surface area contributed by atoms with Crippen LogP contribution in [0.2, 0.25) is 0 Å². The first-order valence-electron chi connectivity index (χ1n) is 7.61. The molecule has 0 amide bonds. The zero-order valence-corrected chi connectivity index (χ0v) is 13.7. The van der Waals surface area contributed by atoms with Gasteiger partial charge in [-0.2, -0.15) is 5.10 Å². The molecule has 6 nitrogen and oxygen atoms in total. The number of nitrogen functional groups attached to an aromatic ring is 1. The van der Waals surface area contributed by atoms with E-state index in [4.69, 9.17) is 5.73 Å². The minimum atomic E-state index is -3.61. The SMILES string of the molecule is Cc1c(S(=O)(=O)NC(C)C2CC3CCC2C3)c(N)nn1C. The number of fused-ring (bicyclic) bond motifs is 2. The summed E-state index contributed by atoms with van der Waals surface area (Å²) in [7, 11) is -1.91. The normalized spacial score (nSPS) is 30.0. The molecule has 0 aliphatic heterocycles. The van der Waals surface area contributed by atoms with Crippen molar-refractivity contribution in [3.05, 3.63) is 5.69 Å². The molecule has 7 heteroatoms. The first-order chi connectivity index (χ1) is 9.79. The van der Waals surface area contributed by atoms with E-state index in [0.717, 1.165) is 12.3 Å². The molecule has 0 saturated heterocycles. The van der Waals surface area contributed by atoms with Gasteiger partial charge in [0, 0.05) is 13.1 Å². The lowest BCUT2D eigenvalue weighted by Crippen LogP contribution is -2.40. The van der Waals surface area contributed by atoms with Gasteiger partial charge in [0.05, 0.1) is 5.69 Å². The van der Waals surface area contributed by atoms with Crippen molar-refractivity contribution < 1.29 is 8.42 Å². The van der Waals surface area contributed by atoms with Gasteiger partial charge in [-0.25, -0.2) is 13.1 Å². The highest BCUT2D eigenvalue weighted by Crippen LogP contribution is 2.49. The minimum absolute atomic E-state index is 0.0516. The van der Waals surface area contributed by atoms with Crippen LogP contribution >= 0.6 is 0 Å². The molecule has 4 atom stereocenters. The molecule has 0 radical (unpaired) electrons. The Morgan fingerprint density at radius 1 is 1.38 bits per heavy atom. The molecule has 2 fully saturated rings. The molecule has 0 aromatic carbocycles. The quantitative estimate of drug-likeness (QED) is 0.879. The predicted octanol–water partition coefficient (Wildman–Crippen LogP) is 1.41. The van der Waals surface area contributed by atoms with E-state index in [-0.39, 0.29) is 16.8 Å². The zero-order chi connectivity index (χ0) is 15.4. The molecule has 118 valence electrons. The third-order valence-electron chi connectivity index (χ3n) is 5.35. The molecule has 1 aromatic heterocycles. The maximum absolute atomic E-state index is 12.6. The molecule has 3 rings (SSSR count). The lowest BCUT2D eigenvalue weighted by Gasteiger charge is -2.28. The van der Waals surface area contributed by atoms with Crippen LogP contribution in [0, 0.1) is 24.7 Å². The Hall–Kier alpha value is -1.08. The van der Waals surface area contributed by atoms with Gasteiger partial charge in [0.15, 0.2) is 5.82 Å². The minimum Gasteiger partial charge on any atom is -0.381 e. The van der Waals surface area contributed by atoms with Crippen LogP contribution in [0.25, 0.3) is 0 Å². The number of aromatic nitrogens is 2. The smallest absolute Gasteiger partial charge is 0.246 e. The molecule has 3 N–H and O–H groups in total. The van der Waals surface area contributed by atoms with Crippen LogP contribution in [0.5, 0.6) is 0 Å². The van der Waals surface area contributed by atoms with Crippen LogP contribution in [0.15, 0.2) is 4.90 Å². The fraction of sp³-hybridized carbons (Fsp3) is 0.786. The molecule has 0 spiro atoms. The van der Waals surface area contributed by atoms with Gasteiger partial charge in [0.1, 0.15) is 4.90 Å². The van der Waals surface area contributed by atoms with Crippen LogP contribution in [0.1, 0.15) is 38.3 Å². The summed E-state index contributed by atoms with van der Waals surface area (Å²) in [6, 6.07) is -0.0516. The van der Waals surface area contributed by atoms with Crippen LogP contribution in [-0.4, -0.2) is 24.2 Å². The van der Waals surface area contributed by atoms with Gasteiger partial charge in [-0.15, -0.1) is 0 Å². The summed E-state index contributed by atoms with van der Waals surface area (Å²) in [5, 5.41) is 4.00. The van der Waals surface area contributed by atoms with Gasteiger partial charge < -0.3 is 5.73 Å². The Labute approximate surface area is 126 Å². The highest BCUT2D eigenvalue weighted by molar-refractivity contribution is 7.89. The van der Waals surface area contributed by atoms with Crippen molar-refractivity contribution in [2.24, 2.45) is 24.8 Å². The molecule has 2 saturated carbocycles. The van der Waals surface area contributed by atoms with Crippen LogP contribution in [-0.2, 0) is 17.1 Å². The van der Waals surface area contributed by atoms with E-state index in [9.17, 15) is 8.42 Å². The van der Waals surface area contributed by atoms with Gasteiger partial charge in [-0.3, -0.25) is 4.68 Å². The molecule has 2 aliphatic carbocycles. The van der Waals surface area contributed by atoms with Crippen LogP contribution in [0.4, 0.5) is 5.82 Å². The monoisotopic (exact) mass is 312 g/mol. The van der Waals surface area contributed by atoms with E-state index in [0.29, 0.717) is 17.5 Å². The Morgan fingerprint density at radius 3 is 2.57 bits per heavy atom. The Balaban J connectivity index is 1.80. The molecule has 2 bridgehead atoms. The summed E-state index contributed by atoms with van der Waals surface area (Å²) in [5.74, 6) is 2.01. The van der Waals surface area contributed by atoms with E-state index in [1.165, 1.54) is 23.9 Å². The standard InChI is InChI=1S/C14H24N4O2S/c1-8(12-7-10-4-5-11(12)6-10)17-21(19,20)13-9(2)18(3)16-14(13)15/h8,10-12,17H,4-7H2,1-3H3,(H2,15,16). The molecule has 4 unspecified atom stereocenters. The maximum atomic E-state index is 12.6. The lowest BCUT2D eigenvalue weighted by molar-refractivity contribution is 0.280. The summed E-state index contributed by atoms with van der Waals surface area (Å²) in [5.41, 5.74) is 6.34. The molecule has 2 aliphatic rings. The molecule has 1 aromatic rings. The van der Waals surface area contributed by atoms with Crippen molar-refractivity contribution in [2.45, 2.75) is 50.5 Å². The van der Waals surface area contributed by atoms with Crippen molar-refractivity contribution in [1.29, 1.82) is 0 Å². The molecular weight excluding hydrogens is 288 g/mol. The number of sulfonamides is 1. The topological polar surface area (TPSA) is 90.0 Å². The second-order valence-corrected chi connectivity index (χ2v) is 8.32. The molecular formula is C14H24N4O2S. The highest BCUT2D eigenvalue weighted by atomic mass is 32.2. The maximum Gasteiger partial charge on any atom is 0.246 e. The first-order valence-corrected chi connectivity index (χ1v) is 9.09. The number of rotatable bonds is 4. The van der Waals surface area contributed by atoms with Gasteiger partial charge in [0.25, 0.3) is 0 Å². The highest BCUT2D eigenvalue weighted by Gasteiger charge is 2.43. The third kappa shape index (κ3) is 2.46. The summed E-state index contributed by atoms with van der Waals surface area (Å²) >= 11 is 0. The van der Waals surface area contributed by atoms with E-state index in [1.807, 2.05) is 6.92 Å². The fourth-order valence-corrected chi connectivity index (χ4v) is 5.86. The zero-order valence-electron chi connectivity index (χ0n) is 12.8. The molecule has 21 heavy (non-hydrogen) atoms. The average molecular weight is 312 g/mol. The fourth-order valence-electron chi connectivity index (χ4n) is 4.24. The first kappa shape index (κ1) is 14.8.